The molecule has 218 valence electrons. The van der Waals surface area contributed by atoms with Crippen LogP contribution in [0.15, 0.2) is 103 Å². The molecule has 0 fully saturated rings. The standard InChI is InChI=1S/C36H42N4O2/c1-3-39(4-2)22-11-23-41-32-20-21-34-35(25-32)40(26-29-12-7-5-8-13-29)36(38-34)33(37)24-28-16-18-31(19-17-28)42-27-30-14-9-6-10-15-30/h5-10,12-21,25,33H,3-4,11,22-24,26-27,37H2,1-2H3/t33-/m1/s1. The molecular weight excluding hydrogens is 520 g/mol. The van der Waals surface area contributed by atoms with E-state index in [0.29, 0.717) is 26.2 Å². The lowest BCUT2D eigenvalue weighted by Gasteiger charge is -2.18. The van der Waals surface area contributed by atoms with E-state index in [2.05, 4.69) is 77.9 Å². The minimum Gasteiger partial charge on any atom is -0.493 e. The zero-order valence-electron chi connectivity index (χ0n) is 24.8. The summed E-state index contributed by atoms with van der Waals surface area (Å²) in [6.07, 6.45) is 1.67. The largest absolute Gasteiger partial charge is 0.493 e. The predicted molar refractivity (Wildman–Crippen MR) is 171 cm³/mol. The Morgan fingerprint density at radius 2 is 1.43 bits per heavy atom. The SMILES string of the molecule is CCN(CC)CCCOc1ccc2nc([C@H](N)Cc3ccc(OCc4ccccc4)cc3)n(Cc3ccccc3)c2c1. The second-order valence-corrected chi connectivity index (χ2v) is 10.7. The number of hydrogen-bond acceptors (Lipinski definition) is 5. The van der Waals surface area contributed by atoms with Crippen molar-refractivity contribution in [3.05, 3.63) is 126 Å². The van der Waals surface area contributed by atoms with Crippen molar-refractivity contribution in [1.29, 1.82) is 0 Å². The van der Waals surface area contributed by atoms with Crippen LogP contribution in [-0.4, -0.2) is 40.7 Å². The molecule has 6 nitrogen and oxygen atoms in total. The summed E-state index contributed by atoms with van der Waals surface area (Å²) in [5, 5.41) is 0. The topological polar surface area (TPSA) is 65.5 Å². The van der Waals surface area contributed by atoms with E-state index in [1.54, 1.807) is 0 Å². The molecule has 42 heavy (non-hydrogen) atoms. The third kappa shape index (κ3) is 7.78. The predicted octanol–water partition coefficient (Wildman–Crippen LogP) is 7.02. The van der Waals surface area contributed by atoms with E-state index in [9.17, 15) is 0 Å². The third-order valence-corrected chi connectivity index (χ3v) is 7.67. The van der Waals surface area contributed by atoms with Gasteiger partial charge in [0.2, 0.25) is 0 Å². The Balaban J connectivity index is 1.31. The summed E-state index contributed by atoms with van der Waals surface area (Å²) in [6.45, 7) is 9.50. The number of aromatic nitrogens is 2. The number of hydrogen-bond donors (Lipinski definition) is 1. The zero-order valence-corrected chi connectivity index (χ0v) is 24.8. The van der Waals surface area contributed by atoms with Gasteiger partial charge in [0.1, 0.15) is 23.9 Å². The average molecular weight is 563 g/mol. The fourth-order valence-corrected chi connectivity index (χ4v) is 5.25. The average Bonchev–Trinajstić information content (AvgIpc) is 3.39. The molecule has 0 spiro atoms. The van der Waals surface area contributed by atoms with Gasteiger partial charge in [-0.25, -0.2) is 4.98 Å². The van der Waals surface area contributed by atoms with Gasteiger partial charge in [-0.15, -0.1) is 0 Å². The second kappa shape index (κ2) is 14.7. The molecule has 1 aromatic heterocycles. The summed E-state index contributed by atoms with van der Waals surface area (Å²) < 4.78 is 14.4. The highest BCUT2D eigenvalue weighted by molar-refractivity contribution is 5.78. The molecule has 0 saturated carbocycles. The molecule has 5 rings (SSSR count). The van der Waals surface area contributed by atoms with E-state index in [1.807, 2.05) is 48.5 Å². The molecule has 5 aromatic rings. The van der Waals surface area contributed by atoms with Crippen molar-refractivity contribution < 1.29 is 9.47 Å². The molecule has 0 bridgehead atoms. The number of benzene rings is 4. The second-order valence-electron chi connectivity index (χ2n) is 10.7. The summed E-state index contributed by atoms with van der Waals surface area (Å²) in [5.41, 5.74) is 12.3. The highest BCUT2D eigenvalue weighted by Crippen LogP contribution is 2.27. The normalized spacial score (nSPS) is 12.1. The monoisotopic (exact) mass is 562 g/mol. The fourth-order valence-electron chi connectivity index (χ4n) is 5.25. The van der Waals surface area contributed by atoms with Crippen LogP contribution in [0.3, 0.4) is 0 Å². The van der Waals surface area contributed by atoms with Crippen LogP contribution in [0.5, 0.6) is 11.5 Å². The van der Waals surface area contributed by atoms with Crippen molar-refractivity contribution >= 4 is 11.0 Å². The summed E-state index contributed by atoms with van der Waals surface area (Å²) in [4.78, 5) is 7.44. The third-order valence-electron chi connectivity index (χ3n) is 7.67. The van der Waals surface area contributed by atoms with Crippen LogP contribution < -0.4 is 15.2 Å². The van der Waals surface area contributed by atoms with Crippen molar-refractivity contribution in [3.8, 4) is 11.5 Å². The van der Waals surface area contributed by atoms with Crippen LogP contribution >= 0.6 is 0 Å². The molecule has 0 amide bonds. The van der Waals surface area contributed by atoms with E-state index in [4.69, 9.17) is 20.2 Å². The Morgan fingerprint density at radius 1 is 0.762 bits per heavy atom. The van der Waals surface area contributed by atoms with Crippen LogP contribution in [0.4, 0.5) is 0 Å². The minimum absolute atomic E-state index is 0.268. The van der Waals surface area contributed by atoms with Crippen LogP contribution in [0.2, 0.25) is 0 Å². The maximum atomic E-state index is 6.86. The Kier molecular flexibility index (Phi) is 10.3. The number of nitrogens with two attached hydrogens (primary N) is 1. The van der Waals surface area contributed by atoms with Crippen molar-refractivity contribution in [3.63, 3.8) is 0 Å². The molecule has 0 saturated heterocycles. The van der Waals surface area contributed by atoms with Crippen LogP contribution in [0.1, 0.15) is 48.8 Å². The molecule has 0 aliphatic heterocycles. The van der Waals surface area contributed by atoms with Crippen molar-refractivity contribution in [1.82, 2.24) is 14.5 Å². The van der Waals surface area contributed by atoms with Gasteiger partial charge in [0.15, 0.2) is 0 Å². The lowest BCUT2D eigenvalue weighted by Crippen LogP contribution is -2.25. The molecule has 0 aliphatic carbocycles. The molecule has 4 aromatic carbocycles. The molecule has 0 unspecified atom stereocenters. The molecule has 0 aliphatic rings. The first kappa shape index (κ1) is 29.4. The first-order chi connectivity index (χ1) is 20.6. The number of rotatable bonds is 15. The van der Waals surface area contributed by atoms with Crippen LogP contribution in [0, 0.1) is 0 Å². The first-order valence-electron chi connectivity index (χ1n) is 15.0. The molecular formula is C36H42N4O2. The van der Waals surface area contributed by atoms with Gasteiger partial charge in [-0.3, -0.25) is 0 Å². The highest BCUT2D eigenvalue weighted by atomic mass is 16.5. The smallest absolute Gasteiger partial charge is 0.127 e. The zero-order chi connectivity index (χ0) is 29.1. The molecule has 1 heterocycles. The number of nitrogens with zero attached hydrogens (tertiary/aromatic N) is 3. The van der Waals surface area contributed by atoms with E-state index >= 15 is 0 Å². The van der Waals surface area contributed by atoms with Crippen LogP contribution in [-0.2, 0) is 19.6 Å². The quantitative estimate of drug-likeness (QED) is 0.139. The van der Waals surface area contributed by atoms with E-state index in [1.165, 1.54) is 5.56 Å². The van der Waals surface area contributed by atoms with Crippen molar-refractivity contribution in [2.24, 2.45) is 5.73 Å². The molecule has 6 heteroatoms. The number of ether oxygens (including phenoxy) is 2. The van der Waals surface area contributed by atoms with Crippen LogP contribution in [0.25, 0.3) is 11.0 Å². The summed E-state index contributed by atoms with van der Waals surface area (Å²) in [6, 6.07) is 34.8. The van der Waals surface area contributed by atoms with Gasteiger partial charge in [-0.05, 0) is 66.9 Å². The van der Waals surface area contributed by atoms with Crippen molar-refractivity contribution in [2.45, 2.75) is 45.9 Å². The minimum atomic E-state index is -0.268. The maximum absolute atomic E-state index is 6.86. The lowest BCUT2D eigenvalue weighted by atomic mass is 10.1. The van der Waals surface area contributed by atoms with E-state index < -0.39 is 0 Å². The van der Waals surface area contributed by atoms with Crippen molar-refractivity contribution in [2.75, 3.05) is 26.2 Å². The maximum Gasteiger partial charge on any atom is 0.127 e. The van der Waals surface area contributed by atoms with Gasteiger partial charge in [-0.1, -0.05) is 86.6 Å². The summed E-state index contributed by atoms with van der Waals surface area (Å²) >= 11 is 0. The van der Waals surface area contributed by atoms with Gasteiger partial charge in [0, 0.05) is 19.2 Å². The molecule has 2 N–H and O–H groups in total. The van der Waals surface area contributed by atoms with E-state index in [-0.39, 0.29) is 6.04 Å². The Labute approximate surface area is 249 Å². The summed E-state index contributed by atoms with van der Waals surface area (Å²) in [7, 11) is 0. The molecule has 0 radical (unpaired) electrons. The lowest BCUT2D eigenvalue weighted by molar-refractivity contribution is 0.249. The Hall–Kier alpha value is -4.13. The molecule has 1 atom stereocenters. The first-order valence-corrected chi connectivity index (χ1v) is 15.0. The summed E-state index contributed by atoms with van der Waals surface area (Å²) in [5.74, 6) is 2.58. The Bertz CT molecular complexity index is 1510. The van der Waals surface area contributed by atoms with Gasteiger partial charge in [0.05, 0.1) is 23.7 Å². The van der Waals surface area contributed by atoms with Gasteiger partial charge >= 0.3 is 0 Å². The van der Waals surface area contributed by atoms with Gasteiger partial charge in [-0.2, -0.15) is 0 Å². The highest BCUT2D eigenvalue weighted by Gasteiger charge is 2.19. The fraction of sp³-hybridized carbons (Fsp3) is 0.306. The Morgan fingerprint density at radius 3 is 2.12 bits per heavy atom. The van der Waals surface area contributed by atoms with E-state index in [0.717, 1.165) is 65.5 Å². The van der Waals surface area contributed by atoms with Gasteiger partial charge < -0.3 is 24.7 Å². The number of fused-ring (bicyclic) bond motifs is 1. The number of imidazole rings is 1. The van der Waals surface area contributed by atoms with Gasteiger partial charge in [0.25, 0.3) is 0 Å².